The summed E-state index contributed by atoms with van der Waals surface area (Å²) in [5, 5.41) is 2.57. The summed E-state index contributed by atoms with van der Waals surface area (Å²) in [5.74, 6) is 0.478. The minimum atomic E-state index is -0.408. The number of amides is 2. The lowest BCUT2D eigenvalue weighted by Crippen LogP contribution is -2.45. The molecule has 6 heteroatoms. The van der Waals surface area contributed by atoms with Crippen LogP contribution in [0.25, 0.3) is 0 Å². The Balaban J connectivity index is 2.02. The fourth-order valence-electron chi connectivity index (χ4n) is 2.09. The number of benzene rings is 1. The summed E-state index contributed by atoms with van der Waals surface area (Å²) in [6.45, 7) is 1.71. The number of hydrogen-bond acceptors (Lipinski definition) is 4. The highest BCUT2D eigenvalue weighted by Crippen LogP contribution is 2.16. The Morgan fingerprint density at radius 2 is 2.15 bits per heavy atom. The van der Waals surface area contributed by atoms with Gasteiger partial charge < -0.3 is 16.0 Å². The fourth-order valence-corrected chi connectivity index (χ4v) is 2.86. The standard InChI is InChI=1S/C14H19N3O2S/c15-7-4-8-17(9-11-5-2-1-3-6-11)13(18)12-10-20-14(19)16-12/h1-3,5-6,12H,4,7-10,15H2,(H,16,19)/t12-/m0/s1. The average Bonchev–Trinajstić information content (AvgIpc) is 2.90. The maximum absolute atomic E-state index is 12.5. The summed E-state index contributed by atoms with van der Waals surface area (Å²) < 4.78 is 0. The zero-order valence-corrected chi connectivity index (χ0v) is 12.1. The van der Waals surface area contributed by atoms with Gasteiger partial charge in [-0.15, -0.1) is 0 Å². The van der Waals surface area contributed by atoms with Gasteiger partial charge in [0.1, 0.15) is 6.04 Å². The second-order valence-electron chi connectivity index (χ2n) is 4.68. The van der Waals surface area contributed by atoms with Crippen LogP contribution in [-0.2, 0) is 11.3 Å². The zero-order valence-electron chi connectivity index (χ0n) is 11.2. The van der Waals surface area contributed by atoms with Crippen LogP contribution in [-0.4, -0.2) is 40.9 Å². The van der Waals surface area contributed by atoms with Crippen LogP contribution in [0.3, 0.4) is 0 Å². The first-order valence-electron chi connectivity index (χ1n) is 6.67. The van der Waals surface area contributed by atoms with E-state index in [1.807, 2.05) is 30.3 Å². The molecule has 1 aliphatic rings. The highest BCUT2D eigenvalue weighted by atomic mass is 32.2. The molecule has 0 radical (unpaired) electrons. The van der Waals surface area contributed by atoms with Crippen LogP contribution in [0, 0.1) is 0 Å². The van der Waals surface area contributed by atoms with Crippen molar-refractivity contribution in [3.8, 4) is 0 Å². The topological polar surface area (TPSA) is 75.4 Å². The van der Waals surface area contributed by atoms with Gasteiger partial charge in [0, 0.05) is 18.8 Å². The first-order chi connectivity index (χ1) is 9.70. The zero-order chi connectivity index (χ0) is 14.4. The summed E-state index contributed by atoms with van der Waals surface area (Å²) in [4.78, 5) is 25.4. The number of carbonyl (C=O) groups excluding carboxylic acids is 2. The van der Waals surface area contributed by atoms with Gasteiger partial charge in [0.2, 0.25) is 5.91 Å². The molecule has 108 valence electrons. The predicted molar refractivity (Wildman–Crippen MR) is 80.3 cm³/mol. The third-order valence-corrected chi connectivity index (χ3v) is 4.01. The van der Waals surface area contributed by atoms with Crippen molar-refractivity contribution in [2.75, 3.05) is 18.8 Å². The van der Waals surface area contributed by atoms with Crippen molar-refractivity contribution in [1.29, 1.82) is 0 Å². The van der Waals surface area contributed by atoms with Crippen molar-refractivity contribution in [1.82, 2.24) is 10.2 Å². The number of carbonyl (C=O) groups is 2. The van der Waals surface area contributed by atoms with E-state index in [1.165, 1.54) is 0 Å². The fraction of sp³-hybridized carbons (Fsp3) is 0.429. The predicted octanol–water partition coefficient (Wildman–Crippen LogP) is 1.19. The van der Waals surface area contributed by atoms with Crippen molar-refractivity contribution < 1.29 is 9.59 Å². The molecule has 1 atom stereocenters. The van der Waals surface area contributed by atoms with E-state index in [0.29, 0.717) is 25.4 Å². The number of hydrogen-bond donors (Lipinski definition) is 2. The summed E-state index contributed by atoms with van der Waals surface area (Å²) in [6, 6.07) is 9.43. The third-order valence-electron chi connectivity index (χ3n) is 3.13. The number of nitrogens with two attached hydrogens (primary N) is 1. The van der Waals surface area contributed by atoms with E-state index in [4.69, 9.17) is 5.73 Å². The quantitative estimate of drug-likeness (QED) is 0.826. The molecular formula is C14H19N3O2S. The monoisotopic (exact) mass is 293 g/mol. The Labute approximate surface area is 122 Å². The van der Waals surface area contributed by atoms with Crippen molar-refractivity contribution in [2.24, 2.45) is 5.73 Å². The van der Waals surface area contributed by atoms with Crippen LogP contribution < -0.4 is 11.1 Å². The second-order valence-corrected chi connectivity index (χ2v) is 5.68. The molecule has 0 aromatic heterocycles. The van der Waals surface area contributed by atoms with Gasteiger partial charge in [0.25, 0.3) is 5.24 Å². The summed E-state index contributed by atoms with van der Waals surface area (Å²) in [7, 11) is 0. The number of rotatable bonds is 6. The van der Waals surface area contributed by atoms with E-state index < -0.39 is 6.04 Å². The lowest BCUT2D eigenvalue weighted by molar-refractivity contribution is -0.133. The summed E-state index contributed by atoms with van der Waals surface area (Å²) in [6.07, 6.45) is 0.756. The van der Waals surface area contributed by atoms with Crippen molar-refractivity contribution in [3.63, 3.8) is 0 Å². The van der Waals surface area contributed by atoms with Gasteiger partial charge in [0.15, 0.2) is 0 Å². The average molecular weight is 293 g/mol. The molecule has 5 nitrogen and oxygen atoms in total. The normalized spacial score (nSPS) is 17.9. The minimum Gasteiger partial charge on any atom is -0.337 e. The molecule has 0 aliphatic carbocycles. The van der Waals surface area contributed by atoms with Gasteiger partial charge in [-0.25, -0.2) is 0 Å². The van der Waals surface area contributed by atoms with E-state index in [1.54, 1.807) is 4.90 Å². The molecule has 1 aromatic carbocycles. The number of thioether (sulfide) groups is 1. The van der Waals surface area contributed by atoms with Gasteiger partial charge in [-0.1, -0.05) is 42.1 Å². The maximum Gasteiger partial charge on any atom is 0.279 e. The van der Waals surface area contributed by atoms with Crippen LogP contribution in [0.4, 0.5) is 4.79 Å². The molecule has 1 heterocycles. The molecule has 0 saturated carbocycles. The van der Waals surface area contributed by atoms with Crippen LogP contribution in [0.2, 0.25) is 0 Å². The molecule has 1 aliphatic heterocycles. The largest absolute Gasteiger partial charge is 0.337 e. The molecule has 0 spiro atoms. The molecule has 2 amide bonds. The molecule has 1 fully saturated rings. The maximum atomic E-state index is 12.5. The molecular weight excluding hydrogens is 274 g/mol. The Morgan fingerprint density at radius 3 is 2.75 bits per heavy atom. The van der Waals surface area contributed by atoms with Crippen molar-refractivity contribution in [3.05, 3.63) is 35.9 Å². The van der Waals surface area contributed by atoms with Crippen molar-refractivity contribution in [2.45, 2.75) is 19.0 Å². The molecule has 3 N–H and O–H groups in total. The lowest BCUT2D eigenvalue weighted by atomic mass is 10.2. The van der Waals surface area contributed by atoms with E-state index in [9.17, 15) is 9.59 Å². The van der Waals surface area contributed by atoms with Gasteiger partial charge in [-0.2, -0.15) is 0 Å². The molecule has 0 unspecified atom stereocenters. The first-order valence-corrected chi connectivity index (χ1v) is 7.65. The Hall–Kier alpha value is -1.53. The second kappa shape index (κ2) is 7.31. The number of nitrogens with zero attached hydrogens (tertiary/aromatic N) is 1. The van der Waals surface area contributed by atoms with Crippen molar-refractivity contribution >= 4 is 22.9 Å². The van der Waals surface area contributed by atoms with Crippen LogP contribution in [0.15, 0.2) is 30.3 Å². The molecule has 1 aromatic rings. The highest BCUT2D eigenvalue weighted by molar-refractivity contribution is 8.14. The smallest absolute Gasteiger partial charge is 0.279 e. The molecule has 1 saturated heterocycles. The minimum absolute atomic E-state index is 0.0272. The summed E-state index contributed by atoms with van der Waals surface area (Å²) in [5.41, 5.74) is 6.61. The molecule has 20 heavy (non-hydrogen) atoms. The Kier molecular flexibility index (Phi) is 5.43. The van der Waals surface area contributed by atoms with Crippen LogP contribution >= 0.6 is 11.8 Å². The number of nitrogens with one attached hydrogen (secondary N) is 1. The SMILES string of the molecule is NCCCN(Cc1ccccc1)C(=O)[C@@H]1CSC(=O)N1. The Bertz CT molecular complexity index is 467. The van der Waals surface area contributed by atoms with E-state index in [2.05, 4.69) is 5.32 Å². The van der Waals surface area contributed by atoms with E-state index in [-0.39, 0.29) is 11.1 Å². The molecule has 2 rings (SSSR count). The van der Waals surface area contributed by atoms with E-state index >= 15 is 0 Å². The van der Waals surface area contributed by atoms with Crippen LogP contribution in [0.5, 0.6) is 0 Å². The summed E-state index contributed by atoms with van der Waals surface area (Å²) >= 11 is 1.16. The third kappa shape index (κ3) is 3.98. The highest BCUT2D eigenvalue weighted by Gasteiger charge is 2.31. The van der Waals surface area contributed by atoms with Gasteiger partial charge in [-0.05, 0) is 18.5 Å². The Morgan fingerprint density at radius 1 is 1.40 bits per heavy atom. The van der Waals surface area contributed by atoms with Crippen LogP contribution in [0.1, 0.15) is 12.0 Å². The van der Waals surface area contributed by atoms with Gasteiger partial charge in [0.05, 0.1) is 0 Å². The first kappa shape index (κ1) is 14.9. The van der Waals surface area contributed by atoms with Gasteiger partial charge in [-0.3, -0.25) is 9.59 Å². The lowest BCUT2D eigenvalue weighted by Gasteiger charge is -2.25. The molecule has 0 bridgehead atoms. The van der Waals surface area contributed by atoms with Gasteiger partial charge >= 0.3 is 0 Å². The van der Waals surface area contributed by atoms with E-state index in [0.717, 1.165) is 23.7 Å².